The fourth-order valence-electron chi connectivity index (χ4n) is 2.71. The van der Waals surface area contributed by atoms with Gasteiger partial charge in [0, 0.05) is 25.7 Å². The first-order valence-electron chi connectivity index (χ1n) is 7.10. The zero-order chi connectivity index (χ0) is 14.8. The molecule has 0 radical (unpaired) electrons. The van der Waals surface area contributed by atoms with E-state index in [4.69, 9.17) is 4.42 Å². The number of halogens is 1. The average Bonchev–Trinajstić information content (AvgIpc) is 2.91. The zero-order valence-corrected chi connectivity index (χ0v) is 13.1. The summed E-state index contributed by atoms with van der Waals surface area (Å²) in [7, 11) is 1.95. The van der Waals surface area contributed by atoms with Crippen molar-refractivity contribution in [1.82, 2.24) is 10.3 Å². The van der Waals surface area contributed by atoms with E-state index in [2.05, 4.69) is 10.3 Å². The van der Waals surface area contributed by atoms with Gasteiger partial charge in [0.25, 0.3) is 11.7 Å². The number of hydrogen-bond acceptors (Lipinski definition) is 6. The summed E-state index contributed by atoms with van der Waals surface area (Å²) < 4.78 is 5.68. The molecule has 0 saturated carbocycles. The van der Waals surface area contributed by atoms with Crippen LogP contribution in [0.5, 0.6) is 0 Å². The van der Waals surface area contributed by atoms with Gasteiger partial charge in [-0.1, -0.05) is 0 Å². The van der Waals surface area contributed by atoms with Gasteiger partial charge in [-0.2, -0.15) is 4.98 Å². The van der Waals surface area contributed by atoms with Crippen molar-refractivity contribution in [3.05, 3.63) is 28.3 Å². The molecular formula is C14H19ClN4O3. The fraction of sp³-hybridized carbons (Fsp3) is 0.500. The van der Waals surface area contributed by atoms with Crippen LogP contribution in [0.3, 0.4) is 0 Å². The maximum Gasteiger partial charge on any atom is 0.298 e. The number of oxazole rings is 1. The number of rotatable bonds is 4. The summed E-state index contributed by atoms with van der Waals surface area (Å²) in [6.07, 6.45) is 2.30. The first-order chi connectivity index (χ1) is 10.1. The SMILES string of the molecule is CN(CC1CCNCC1)c1nc2cc([N+](=O)[O-])ccc2o1.Cl. The second-order valence-electron chi connectivity index (χ2n) is 5.48. The quantitative estimate of drug-likeness (QED) is 0.686. The van der Waals surface area contributed by atoms with Crippen molar-refractivity contribution in [3.63, 3.8) is 0 Å². The molecule has 0 atom stereocenters. The number of fused-ring (bicyclic) bond motifs is 1. The average molecular weight is 327 g/mol. The predicted octanol–water partition coefficient (Wildman–Crippen LogP) is 2.59. The molecule has 0 unspecified atom stereocenters. The molecule has 120 valence electrons. The highest BCUT2D eigenvalue weighted by atomic mass is 35.5. The molecule has 3 rings (SSSR count). The van der Waals surface area contributed by atoms with E-state index >= 15 is 0 Å². The van der Waals surface area contributed by atoms with E-state index in [9.17, 15) is 10.1 Å². The van der Waals surface area contributed by atoms with E-state index in [-0.39, 0.29) is 18.1 Å². The molecule has 0 spiro atoms. The highest BCUT2D eigenvalue weighted by molar-refractivity contribution is 5.85. The number of hydrogen-bond donors (Lipinski definition) is 1. The molecule has 1 saturated heterocycles. The van der Waals surface area contributed by atoms with E-state index in [1.54, 1.807) is 6.07 Å². The van der Waals surface area contributed by atoms with Gasteiger partial charge in [0.2, 0.25) is 0 Å². The number of nitrogens with one attached hydrogen (secondary N) is 1. The second-order valence-corrected chi connectivity index (χ2v) is 5.48. The largest absolute Gasteiger partial charge is 0.423 e. The van der Waals surface area contributed by atoms with Gasteiger partial charge in [-0.25, -0.2) is 0 Å². The van der Waals surface area contributed by atoms with Crippen LogP contribution in [0.1, 0.15) is 12.8 Å². The molecule has 0 aliphatic carbocycles. The molecule has 8 heteroatoms. The Morgan fingerprint density at radius 2 is 2.18 bits per heavy atom. The summed E-state index contributed by atoms with van der Waals surface area (Å²) in [5.41, 5.74) is 1.13. The predicted molar refractivity (Wildman–Crippen MR) is 86.8 cm³/mol. The topological polar surface area (TPSA) is 84.4 Å². The smallest absolute Gasteiger partial charge is 0.298 e. The van der Waals surface area contributed by atoms with Gasteiger partial charge in [-0.05, 0) is 37.9 Å². The van der Waals surface area contributed by atoms with E-state index < -0.39 is 4.92 Å². The van der Waals surface area contributed by atoms with Crippen molar-refractivity contribution in [2.45, 2.75) is 12.8 Å². The number of nitro groups is 1. The third-order valence-corrected chi connectivity index (χ3v) is 3.89. The highest BCUT2D eigenvalue weighted by Gasteiger charge is 2.19. The Balaban J connectivity index is 0.00000176. The van der Waals surface area contributed by atoms with Gasteiger partial charge in [0.05, 0.1) is 4.92 Å². The second kappa shape index (κ2) is 6.93. The highest BCUT2D eigenvalue weighted by Crippen LogP contribution is 2.26. The summed E-state index contributed by atoms with van der Waals surface area (Å²) in [6.45, 7) is 2.99. The molecule has 1 aromatic carbocycles. The van der Waals surface area contributed by atoms with Crippen LogP contribution in [-0.2, 0) is 0 Å². The van der Waals surface area contributed by atoms with Crippen molar-refractivity contribution < 1.29 is 9.34 Å². The molecular weight excluding hydrogens is 308 g/mol. The lowest BCUT2D eigenvalue weighted by molar-refractivity contribution is -0.384. The summed E-state index contributed by atoms with van der Waals surface area (Å²) >= 11 is 0. The van der Waals surface area contributed by atoms with E-state index in [1.807, 2.05) is 11.9 Å². The summed E-state index contributed by atoms with van der Waals surface area (Å²) in [6, 6.07) is 5.00. The number of non-ortho nitro benzene ring substituents is 1. The lowest BCUT2D eigenvalue weighted by atomic mass is 9.98. The van der Waals surface area contributed by atoms with Crippen molar-refractivity contribution in [3.8, 4) is 0 Å². The van der Waals surface area contributed by atoms with Crippen LogP contribution >= 0.6 is 12.4 Å². The zero-order valence-electron chi connectivity index (χ0n) is 12.3. The van der Waals surface area contributed by atoms with E-state index in [1.165, 1.54) is 12.1 Å². The van der Waals surface area contributed by atoms with Crippen LogP contribution in [0, 0.1) is 16.0 Å². The Kier molecular flexibility index (Phi) is 5.20. The maximum absolute atomic E-state index is 10.8. The van der Waals surface area contributed by atoms with Crippen molar-refractivity contribution in [2.75, 3.05) is 31.6 Å². The molecule has 1 aromatic heterocycles. The minimum absolute atomic E-state index is 0. The van der Waals surface area contributed by atoms with Crippen LogP contribution in [0.15, 0.2) is 22.6 Å². The molecule has 0 amide bonds. The minimum Gasteiger partial charge on any atom is -0.423 e. The molecule has 2 aromatic rings. The van der Waals surface area contributed by atoms with Crippen LogP contribution in [0.25, 0.3) is 11.1 Å². The number of aromatic nitrogens is 1. The Hall–Kier alpha value is -1.86. The van der Waals surface area contributed by atoms with Gasteiger partial charge in [-0.15, -0.1) is 12.4 Å². The molecule has 2 heterocycles. The number of piperidine rings is 1. The number of anilines is 1. The number of benzene rings is 1. The molecule has 1 aliphatic rings. The van der Waals surface area contributed by atoms with Crippen molar-refractivity contribution in [2.24, 2.45) is 5.92 Å². The first-order valence-corrected chi connectivity index (χ1v) is 7.10. The van der Waals surface area contributed by atoms with E-state index in [0.29, 0.717) is 23.0 Å². The van der Waals surface area contributed by atoms with Gasteiger partial charge < -0.3 is 14.6 Å². The van der Waals surface area contributed by atoms with Gasteiger partial charge in [0.1, 0.15) is 5.52 Å². The molecule has 0 bridgehead atoms. The Bertz CT molecular complexity index is 655. The van der Waals surface area contributed by atoms with Gasteiger partial charge >= 0.3 is 0 Å². The summed E-state index contributed by atoms with van der Waals surface area (Å²) in [5, 5.41) is 14.1. The minimum atomic E-state index is -0.424. The lowest BCUT2D eigenvalue weighted by Crippen LogP contribution is -2.34. The monoisotopic (exact) mass is 326 g/mol. The van der Waals surface area contributed by atoms with Crippen LogP contribution in [0.4, 0.5) is 11.7 Å². The normalized spacial score (nSPS) is 15.5. The first kappa shape index (κ1) is 16.5. The summed E-state index contributed by atoms with van der Waals surface area (Å²) in [4.78, 5) is 16.7. The molecule has 1 N–H and O–H groups in total. The molecule has 7 nitrogen and oxygen atoms in total. The molecule has 22 heavy (non-hydrogen) atoms. The number of nitro benzene ring substituents is 1. The molecule has 1 aliphatic heterocycles. The third kappa shape index (κ3) is 3.48. The Morgan fingerprint density at radius 3 is 2.86 bits per heavy atom. The van der Waals surface area contributed by atoms with Crippen LogP contribution in [0.2, 0.25) is 0 Å². The standard InChI is InChI=1S/C14H18N4O3.ClH/c1-17(9-10-4-6-15-7-5-10)14-16-12-8-11(18(19)20)2-3-13(12)21-14;/h2-3,8,10,15H,4-7,9H2,1H3;1H. The third-order valence-electron chi connectivity index (χ3n) is 3.89. The lowest BCUT2D eigenvalue weighted by Gasteiger charge is -2.26. The van der Waals surface area contributed by atoms with Crippen LogP contribution < -0.4 is 10.2 Å². The van der Waals surface area contributed by atoms with Crippen LogP contribution in [-0.4, -0.2) is 36.6 Å². The Morgan fingerprint density at radius 1 is 1.45 bits per heavy atom. The van der Waals surface area contributed by atoms with E-state index in [0.717, 1.165) is 32.5 Å². The van der Waals surface area contributed by atoms with Gasteiger partial charge in [0.15, 0.2) is 5.58 Å². The number of nitrogens with zero attached hydrogens (tertiary/aromatic N) is 3. The Labute approximate surface area is 134 Å². The van der Waals surface area contributed by atoms with Crippen molar-refractivity contribution >= 4 is 35.2 Å². The maximum atomic E-state index is 10.8. The van der Waals surface area contributed by atoms with Gasteiger partial charge in [-0.3, -0.25) is 10.1 Å². The molecule has 1 fully saturated rings. The summed E-state index contributed by atoms with van der Waals surface area (Å²) in [5.74, 6) is 0.626. The van der Waals surface area contributed by atoms with Crippen molar-refractivity contribution in [1.29, 1.82) is 0 Å². The fourth-order valence-corrected chi connectivity index (χ4v) is 2.71.